The predicted molar refractivity (Wildman–Crippen MR) is 555 cm³/mol. The molecule has 2 heterocycles. The summed E-state index contributed by atoms with van der Waals surface area (Å²) in [6, 6.07) is -19.0. The van der Waals surface area contributed by atoms with Crippen LogP contribution in [0.3, 0.4) is 0 Å². The molecule has 2 saturated heterocycles. The first-order valence-corrected chi connectivity index (χ1v) is 54.0. The predicted octanol–water partition coefficient (Wildman–Crippen LogP) is 8.89. The summed E-state index contributed by atoms with van der Waals surface area (Å²) >= 11 is 0. The summed E-state index contributed by atoms with van der Waals surface area (Å²) in [5, 5.41) is 56.9. The molecule has 0 aromatic carbocycles. The van der Waals surface area contributed by atoms with Crippen LogP contribution in [0.5, 0.6) is 0 Å². The Bertz CT molecular complexity index is 4120. The second kappa shape index (κ2) is 71.1. The van der Waals surface area contributed by atoms with Crippen LogP contribution in [-0.4, -0.2) is 225 Å². The SMILES string of the molecule is CCC(C)CCCCCCCCC1CC(=O)N[C@@H](CCC(N)=O)C(=O)N[C@@H](CC(C)C)C(=O)N[C@H](CC(C)C)C(=O)N[C@@H](C(C)C)C(=O)N[C@@H](CC(=O)O)C(=O)N[C@H](CC(C)C)C(=O)N[C@@H]([C@@H](C)CC)C(=O)O1.CC[C@H](C)[C@@H]1NC(=O)[C@@H](CC(C)C)NC(=O)[C@H](CC(=O)O)NC(=O)[C@H](C(C)C)NC(=O)[C@@H](CC(C)C)NC(=O)[C@H](CC(C)C)NC(=O)[C@H](CCC(N)=O)NC(=O)CC(CCCCCCCCCC(C)C)OC1=O. The van der Waals surface area contributed by atoms with E-state index in [1.165, 1.54) is 6.42 Å². The van der Waals surface area contributed by atoms with Gasteiger partial charge in [0.05, 0.1) is 25.7 Å². The molecule has 2 rings (SSSR count). The number of ether oxygens (including phenoxy) is 2. The molecule has 0 spiro atoms. The first-order valence-electron chi connectivity index (χ1n) is 54.0. The van der Waals surface area contributed by atoms with Gasteiger partial charge in [-0.25, -0.2) is 9.59 Å². The van der Waals surface area contributed by atoms with Gasteiger partial charge in [-0.05, 0) is 148 Å². The van der Waals surface area contributed by atoms with Gasteiger partial charge in [0.25, 0.3) is 0 Å². The molecular formula is C106H188N16O24. The minimum absolute atomic E-state index is 0.0458. The topological polar surface area (TPSA) is 621 Å². The summed E-state index contributed by atoms with van der Waals surface area (Å²) in [6.45, 7) is 44.1. The number of amides is 16. The van der Waals surface area contributed by atoms with Crippen LogP contribution in [0, 0.1) is 71.0 Å². The fraction of sp³-hybridized carbons (Fsp3) is 0.811. The summed E-state index contributed by atoms with van der Waals surface area (Å²) in [5.41, 5.74) is 11.0. The summed E-state index contributed by atoms with van der Waals surface area (Å²) in [4.78, 5) is 274. The average molecular weight is 2070 g/mol. The molecule has 146 heavy (non-hydrogen) atoms. The van der Waals surface area contributed by atoms with E-state index in [-0.39, 0.29) is 113 Å². The highest BCUT2D eigenvalue weighted by atomic mass is 16.6. The highest BCUT2D eigenvalue weighted by molar-refractivity contribution is 6.01. The Morgan fingerprint density at radius 3 is 0.747 bits per heavy atom. The van der Waals surface area contributed by atoms with E-state index in [1.807, 2.05) is 69.2 Å². The highest BCUT2D eigenvalue weighted by Crippen LogP contribution is 2.25. The van der Waals surface area contributed by atoms with Gasteiger partial charge in [0.2, 0.25) is 94.5 Å². The van der Waals surface area contributed by atoms with Crippen molar-refractivity contribution in [3.8, 4) is 0 Å². The molecule has 19 atom stereocenters. The van der Waals surface area contributed by atoms with E-state index in [0.29, 0.717) is 37.5 Å². The number of nitrogens with one attached hydrogen (secondary N) is 14. The van der Waals surface area contributed by atoms with Crippen LogP contribution in [-0.2, 0) is 105 Å². The van der Waals surface area contributed by atoms with Crippen molar-refractivity contribution in [1.29, 1.82) is 0 Å². The zero-order valence-corrected chi connectivity index (χ0v) is 92.2. The molecule has 0 radical (unpaired) electrons. The Morgan fingerprint density at radius 1 is 0.274 bits per heavy atom. The van der Waals surface area contributed by atoms with Gasteiger partial charge in [-0.1, -0.05) is 269 Å². The average Bonchev–Trinajstić information content (AvgIpc) is 1.60. The lowest BCUT2D eigenvalue weighted by molar-refractivity contribution is -0.157. The maximum absolute atomic E-state index is 14.3. The van der Waals surface area contributed by atoms with Crippen LogP contribution < -0.4 is 85.9 Å². The third-order valence-corrected chi connectivity index (χ3v) is 26.1. The maximum Gasteiger partial charge on any atom is 0.329 e. The number of carboxylic acid groups (broad SMARTS) is 2. The molecule has 0 aromatic heterocycles. The lowest BCUT2D eigenvalue weighted by atomic mass is 9.97. The number of rotatable bonds is 48. The van der Waals surface area contributed by atoms with E-state index in [1.54, 1.807) is 69.2 Å². The van der Waals surface area contributed by atoms with Crippen molar-refractivity contribution in [3.05, 3.63) is 0 Å². The number of nitrogens with two attached hydrogens (primary N) is 2. The van der Waals surface area contributed by atoms with Gasteiger partial charge in [0, 0.05) is 12.8 Å². The Kier molecular flexibility index (Phi) is 65.0. The normalized spacial score (nSPS) is 24.6. The monoisotopic (exact) mass is 2070 g/mol. The standard InChI is InChI=1S/2C53H94N8O12/c1-13-35(12)46-53(72)73-36(22-20-18-16-14-15-17-19-21-30(2)3)28-43(63)55-37(23-24-42(54)62)47(66)56-38(25-31(4)5)48(67)57-39(26-32(6)7)50(69)60-45(34(10)11)52(71)59-41(29-44(64)65)49(68)58-40(27-33(8)9)51(70)61-46;1-13-34(11)21-19-17-15-16-18-20-22-36-28-43(63)55-37(23-24-42(54)62)47(66)56-38(25-30(3)4)48(67)57-39(26-31(5)6)50(69)60-45(33(9)10)52(71)59-41(29-44(64)65)49(68)58-40(27-32(7)8)51(70)61-46(35(12)14-2)53(72)73-36/h2*30-41,45-46H,13-29H2,1-12H3,(H2,54,62)(H,55,63)(H,56,66)(H,57,67)(H,58,68)(H,59,71)(H,60,69)(H,61,70)(H,64,65)/t35-,36?,37-,38-,39+,40+,41-,45-,46-;34?,35-,36?,37-,38-,39+,40+,41-,45-,46-/m00/s1. The van der Waals surface area contributed by atoms with Gasteiger partial charge in [-0.15, -0.1) is 0 Å². The van der Waals surface area contributed by atoms with Gasteiger partial charge in [0.15, 0.2) is 0 Å². The van der Waals surface area contributed by atoms with Crippen LogP contribution >= 0.6 is 0 Å². The number of esters is 2. The fourth-order valence-corrected chi connectivity index (χ4v) is 17.1. The fourth-order valence-electron chi connectivity index (χ4n) is 17.1. The van der Waals surface area contributed by atoms with Gasteiger partial charge in [-0.3, -0.25) is 86.3 Å². The van der Waals surface area contributed by atoms with Gasteiger partial charge >= 0.3 is 23.9 Å². The number of aliphatic carboxylic acids is 2. The third-order valence-electron chi connectivity index (χ3n) is 26.1. The molecule has 0 aromatic rings. The Hall–Kier alpha value is -10.6. The molecule has 2 fully saturated rings. The van der Waals surface area contributed by atoms with Crippen LogP contribution in [0.15, 0.2) is 0 Å². The Balaban J connectivity index is 0.00000146. The van der Waals surface area contributed by atoms with E-state index >= 15 is 0 Å². The molecule has 836 valence electrons. The number of unbranched alkanes of at least 4 members (excludes halogenated alkanes) is 11. The zero-order chi connectivity index (χ0) is 111. The molecule has 40 nitrogen and oxygen atoms in total. The van der Waals surface area contributed by atoms with Crippen LogP contribution in [0.2, 0.25) is 0 Å². The van der Waals surface area contributed by atoms with E-state index < -0.39 is 265 Å². The van der Waals surface area contributed by atoms with Gasteiger partial charge < -0.3 is 106 Å². The number of carboxylic acids is 2. The van der Waals surface area contributed by atoms with Crippen molar-refractivity contribution < 1.29 is 116 Å². The van der Waals surface area contributed by atoms with E-state index in [2.05, 4.69) is 102 Å². The molecule has 0 saturated carbocycles. The molecule has 2 aliphatic heterocycles. The summed E-state index contributed by atoms with van der Waals surface area (Å²) < 4.78 is 12.2. The van der Waals surface area contributed by atoms with Crippen LogP contribution in [0.1, 0.15) is 384 Å². The van der Waals surface area contributed by atoms with Gasteiger partial charge in [-0.2, -0.15) is 0 Å². The maximum atomic E-state index is 14.3. The first kappa shape index (κ1) is 133. The lowest BCUT2D eigenvalue weighted by Gasteiger charge is -2.30. The third kappa shape index (κ3) is 56.0. The van der Waals surface area contributed by atoms with Crippen molar-refractivity contribution in [2.24, 2.45) is 82.5 Å². The molecule has 20 N–H and O–H groups in total. The Morgan fingerprint density at radius 2 is 0.507 bits per heavy atom. The number of carbonyl (C=O) groups excluding carboxylic acids is 18. The van der Waals surface area contributed by atoms with E-state index in [0.717, 1.165) is 83.5 Å². The van der Waals surface area contributed by atoms with Crippen molar-refractivity contribution in [2.45, 2.75) is 481 Å². The molecule has 3 unspecified atom stereocenters. The van der Waals surface area contributed by atoms with Crippen molar-refractivity contribution in [1.82, 2.24) is 74.4 Å². The second-order valence-corrected chi connectivity index (χ2v) is 44.1. The van der Waals surface area contributed by atoms with Crippen molar-refractivity contribution in [2.75, 3.05) is 0 Å². The van der Waals surface area contributed by atoms with Gasteiger partial charge in [0.1, 0.15) is 96.8 Å². The molecule has 40 heteroatoms. The minimum Gasteiger partial charge on any atom is -0.481 e. The number of carbonyl (C=O) groups is 20. The molecule has 16 amide bonds. The molecule has 0 aliphatic carbocycles. The summed E-state index contributed by atoms with van der Waals surface area (Å²) in [6.07, 6.45) is 11.7. The number of hydrogen-bond acceptors (Lipinski definition) is 22. The van der Waals surface area contributed by atoms with E-state index in [9.17, 15) is 106 Å². The molecule has 2 aliphatic rings. The zero-order valence-electron chi connectivity index (χ0n) is 92.2. The van der Waals surface area contributed by atoms with Crippen LogP contribution in [0.4, 0.5) is 0 Å². The highest BCUT2D eigenvalue weighted by Gasteiger charge is 2.43. The molecular weight excluding hydrogens is 1880 g/mol. The summed E-state index contributed by atoms with van der Waals surface area (Å²) in [5.74, 6) is -19.5. The Labute approximate surface area is 867 Å². The lowest BCUT2D eigenvalue weighted by Crippen LogP contribution is -2.61. The first-order chi connectivity index (χ1) is 68.3. The molecule has 0 bridgehead atoms. The van der Waals surface area contributed by atoms with Crippen molar-refractivity contribution >= 4 is 118 Å². The minimum atomic E-state index is -1.72. The smallest absolute Gasteiger partial charge is 0.329 e. The van der Waals surface area contributed by atoms with Crippen LogP contribution in [0.25, 0.3) is 0 Å². The summed E-state index contributed by atoms with van der Waals surface area (Å²) in [7, 11) is 0. The quantitative estimate of drug-likeness (QED) is 0.0200. The number of hydrogen-bond donors (Lipinski definition) is 18. The number of cyclic esters (lactones) is 2. The largest absolute Gasteiger partial charge is 0.481 e. The number of primary amides is 2. The van der Waals surface area contributed by atoms with E-state index in [4.69, 9.17) is 20.9 Å². The van der Waals surface area contributed by atoms with Crippen molar-refractivity contribution in [3.63, 3.8) is 0 Å². The second-order valence-electron chi connectivity index (χ2n) is 44.1.